The van der Waals surface area contributed by atoms with Crippen LogP contribution in [0.15, 0.2) is 78.0 Å². The van der Waals surface area contributed by atoms with Crippen LogP contribution in [0.4, 0.5) is 5.95 Å². The number of nitrogens with one attached hydrogen (secondary N) is 3. The molecular weight excluding hydrogens is 468 g/mol. The molecule has 4 rings (SSSR count). The van der Waals surface area contributed by atoms with E-state index >= 15 is 0 Å². The van der Waals surface area contributed by atoms with Crippen molar-refractivity contribution in [3.05, 3.63) is 84.2 Å². The Bertz CT molecular complexity index is 1270. The smallest absolute Gasteiger partial charge is 0.269 e. The van der Waals surface area contributed by atoms with Crippen LogP contribution in [-0.2, 0) is 21.4 Å². The van der Waals surface area contributed by atoms with E-state index in [1.165, 1.54) is 24.3 Å². The Balaban J connectivity index is 1.33. The van der Waals surface area contributed by atoms with Gasteiger partial charge in [-0.1, -0.05) is 36.4 Å². The van der Waals surface area contributed by atoms with Gasteiger partial charge in [0.15, 0.2) is 0 Å². The molecule has 0 spiro atoms. The molecule has 1 saturated heterocycles. The average molecular weight is 495 g/mol. The van der Waals surface area contributed by atoms with Crippen LogP contribution < -0.4 is 20.5 Å². The average Bonchev–Trinajstić information content (AvgIpc) is 2.91. The second kappa shape index (κ2) is 11.1. The minimum atomic E-state index is -3.83. The lowest BCUT2D eigenvalue weighted by Crippen LogP contribution is -2.49. The van der Waals surface area contributed by atoms with Gasteiger partial charge in [0.25, 0.3) is 5.91 Å². The molecule has 1 unspecified atom stereocenters. The zero-order chi connectivity index (χ0) is 24.7. The van der Waals surface area contributed by atoms with E-state index in [1.807, 2.05) is 35.2 Å². The molecule has 182 valence electrons. The van der Waals surface area contributed by atoms with Crippen LogP contribution in [-0.4, -0.2) is 43.3 Å². The number of piperidine rings is 1. The fourth-order valence-corrected chi connectivity index (χ4v) is 4.85. The molecule has 3 aromatic rings. The lowest BCUT2D eigenvalue weighted by atomic mass is 9.98. The van der Waals surface area contributed by atoms with Gasteiger partial charge in [-0.05, 0) is 42.7 Å². The molecule has 3 N–H and O–H groups in total. The topological polar surface area (TPSA) is 133 Å². The van der Waals surface area contributed by atoms with Crippen LogP contribution in [0.3, 0.4) is 0 Å². The van der Waals surface area contributed by atoms with Crippen LogP contribution in [0.1, 0.15) is 28.8 Å². The molecular formula is C24H26N6O4S. The number of carbonyl (C=O) groups is 2. The minimum absolute atomic E-state index is 0.0433. The molecule has 2 aromatic carbocycles. The first kappa shape index (κ1) is 24.3. The van der Waals surface area contributed by atoms with Gasteiger partial charge < -0.3 is 4.90 Å². The molecule has 35 heavy (non-hydrogen) atoms. The van der Waals surface area contributed by atoms with Crippen LogP contribution in [0.2, 0.25) is 0 Å². The van der Waals surface area contributed by atoms with Crippen molar-refractivity contribution in [1.29, 1.82) is 0 Å². The summed E-state index contributed by atoms with van der Waals surface area (Å²) in [6, 6.07) is 16.5. The van der Waals surface area contributed by atoms with E-state index in [4.69, 9.17) is 0 Å². The lowest BCUT2D eigenvalue weighted by molar-refractivity contribution is -0.126. The molecule has 11 heteroatoms. The maximum absolute atomic E-state index is 12.7. The highest BCUT2D eigenvalue weighted by molar-refractivity contribution is 7.89. The van der Waals surface area contributed by atoms with E-state index in [2.05, 4.69) is 25.5 Å². The predicted molar refractivity (Wildman–Crippen MR) is 129 cm³/mol. The standard InChI is InChI=1S/C24H26N6O4S/c31-22(28-29-23(32)20-10-5-14-30(17-20)24-25-12-6-13-26-24)19-9-4-11-21(15-19)35(33,34)27-16-18-7-2-1-3-8-18/h1-4,6-9,11-13,15,20,27H,5,10,14,16-17H2,(H,28,31)(H,29,32). The van der Waals surface area contributed by atoms with Crippen molar-refractivity contribution >= 4 is 27.8 Å². The number of amides is 2. The Morgan fingerprint density at radius 1 is 0.971 bits per heavy atom. The summed E-state index contributed by atoms with van der Waals surface area (Å²) in [5, 5.41) is 0. The summed E-state index contributed by atoms with van der Waals surface area (Å²) in [7, 11) is -3.83. The zero-order valence-corrected chi connectivity index (χ0v) is 19.7. The number of benzene rings is 2. The number of hydrazine groups is 1. The van der Waals surface area contributed by atoms with Gasteiger partial charge in [0.05, 0.1) is 10.8 Å². The predicted octanol–water partition coefficient (Wildman–Crippen LogP) is 1.63. The van der Waals surface area contributed by atoms with Gasteiger partial charge in [-0.3, -0.25) is 20.4 Å². The van der Waals surface area contributed by atoms with Gasteiger partial charge in [-0.2, -0.15) is 0 Å². The SMILES string of the molecule is O=C(NNC(=O)C1CCCN(c2ncccn2)C1)c1cccc(S(=O)(=O)NCc2ccccc2)c1. The second-order valence-electron chi connectivity index (χ2n) is 8.12. The van der Waals surface area contributed by atoms with Crippen LogP contribution in [0, 0.1) is 5.92 Å². The first-order chi connectivity index (χ1) is 16.9. The van der Waals surface area contributed by atoms with E-state index in [1.54, 1.807) is 18.5 Å². The number of anilines is 1. The second-order valence-corrected chi connectivity index (χ2v) is 9.88. The monoisotopic (exact) mass is 494 g/mol. The lowest BCUT2D eigenvalue weighted by Gasteiger charge is -2.31. The third kappa shape index (κ3) is 6.40. The maximum atomic E-state index is 12.7. The van der Waals surface area contributed by atoms with Crippen LogP contribution in [0.25, 0.3) is 0 Å². The Hall–Kier alpha value is -3.83. The Morgan fingerprint density at radius 2 is 1.74 bits per heavy atom. The van der Waals surface area contributed by atoms with Gasteiger partial charge in [0, 0.05) is 37.6 Å². The van der Waals surface area contributed by atoms with Gasteiger partial charge >= 0.3 is 0 Å². The number of aromatic nitrogens is 2. The van der Waals surface area contributed by atoms with Gasteiger partial charge in [0.2, 0.25) is 21.9 Å². The van der Waals surface area contributed by atoms with Crippen LogP contribution in [0.5, 0.6) is 0 Å². The summed E-state index contributed by atoms with van der Waals surface area (Å²) in [5.74, 6) is -0.723. The number of hydrogen-bond acceptors (Lipinski definition) is 7. The van der Waals surface area contributed by atoms with Gasteiger partial charge in [-0.25, -0.2) is 23.1 Å². The van der Waals surface area contributed by atoms with Crippen molar-refractivity contribution in [1.82, 2.24) is 25.5 Å². The summed E-state index contributed by atoms with van der Waals surface area (Å²) in [5.41, 5.74) is 5.76. The molecule has 0 aliphatic carbocycles. The largest absolute Gasteiger partial charge is 0.340 e. The fraction of sp³-hybridized carbons (Fsp3) is 0.250. The van der Waals surface area contributed by atoms with Crippen molar-refractivity contribution in [2.45, 2.75) is 24.3 Å². The van der Waals surface area contributed by atoms with E-state index in [0.717, 1.165) is 18.5 Å². The summed E-state index contributed by atoms with van der Waals surface area (Å²) in [6.45, 7) is 1.31. The molecule has 1 atom stereocenters. The van der Waals surface area contributed by atoms with Gasteiger partial charge in [-0.15, -0.1) is 0 Å². The van der Waals surface area contributed by atoms with Crippen molar-refractivity contribution in [2.24, 2.45) is 5.92 Å². The van der Waals surface area contributed by atoms with Gasteiger partial charge in [0.1, 0.15) is 0 Å². The fourth-order valence-electron chi connectivity index (χ4n) is 3.78. The van der Waals surface area contributed by atoms with E-state index < -0.39 is 15.9 Å². The Kier molecular flexibility index (Phi) is 7.68. The highest BCUT2D eigenvalue weighted by Gasteiger charge is 2.27. The highest BCUT2D eigenvalue weighted by Crippen LogP contribution is 2.20. The number of sulfonamides is 1. The molecule has 0 saturated carbocycles. The first-order valence-electron chi connectivity index (χ1n) is 11.2. The molecule has 1 aliphatic heterocycles. The maximum Gasteiger partial charge on any atom is 0.269 e. The Labute approximate surface area is 203 Å². The molecule has 1 aliphatic rings. The van der Waals surface area contributed by atoms with Crippen LogP contribution >= 0.6 is 0 Å². The Morgan fingerprint density at radius 3 is 2.51 bits per heavy atom. The normalized spacial score (nSPS) is 15.9. The third-order valence-corrected chi connectivity index (χ3v) is 7.04. The summed E-state index contributed by atoms with van der Waals surface area (Å²) >= 11 is 0. The molecule has 2 amide bonds. The van der Waals surface area contributed by atoms with E-state index in [-0.39, 0.29) is 28.8 Å². The summed E-state index contributed by atoms with van der Waals surface area (Å²) in [6.07, 6.45) is 4.77. The molecule has 0 bridgehead atoms. The minimum Gasteiger partial charge on any atom is -0.340 e. The van der Waals surface area contributed by atoms with Crippen molar-refractivity contribution in [3.8, 4) is 0 Å². The van der Waals surface area contributed by atoms with Crippen molar-refractivity contribution < 1.29 is 18.0 Å². The quantitative estimate of drug-likeness (QED) is 0.425. The zero-order valence-electron chi connectivity index (χ0n) is 18.9. The third-order valence-electron chi connectivity index (χ3n) is 5.64. The number of carbonyl (C=O) groups excluding carboxylic acids is 2. The summed E-state index contributed by atoms with van der Waals surface area (Å²) < 4.78 is 27.9. The molecule has 1 aromatic heterocycles. The van der Waals surface area contributed by atoms with E-state index in [0.29, 0.717) is 18.9 Å². The molecule has 2 heterocycles. The molecule has 0 radical (unpaired) electrons. The molecule has 1 fully saturated rings. The summed E-state index contributed by atoms with van der Waals surface area (Å²) in [4.78, 5) is 35.6. The van der Waals surface area contributed by atoms with Crippen molar-refractivity contribution in [3.63, 3.8) is 0 Å². The highest BCUT2D eigenvalue weighted by atomic mass is 32.2. The number of nitrogens with zero attached hydrogens (tertiary/aromatic N) is 3. The van der Waals surface area contributed by atoms with Crippen molar-refractivity contribution in [2.75, 3.05) is 18.0 Å². The molecule has 10 nitrogen and oxygen atoms in total. The number of rotatable bonds is 7. The first-order valence-corrected chi connectivity index (χ1v) is 12.7. The number of hydrogen-bond donors (Lipinski definition) is 3. The van der Waals surface area contributed by atoms with E-state index in [9.17, 15) is 18.0 Å².